The van der Waals surface area contributed by atoms with Gasteiger partial charge in [-0.05, 0) is 61.9 Å². The summed E-state index contributed by atoms with van der Waals surface area (Å²) in [6.45, 7) is 6.93. The summed E-state index contributed by atoms with van der Waals surface area (Å²) in [4.78, 5) is 36.5. The van der Waals surface area contributed by atoms with Crippen molar-refractivity contribution in [1.82, 2.24) is 0 Å². The minimum Gasteiger partial charge on any atom is -0.393 e. The van der Waals surface area contributed by atoms with Crippen molar-refractivity contribution in [3.63, 3.8) is 0 Å². The molecule has 0 aromatic rings. The van der Waals surface area contributed by atoms with Gasteiger partial charge in [0.05, 0.1) is 12.2 Å². The molecule has 2 N–H and O–H groups in total. The van der Waals surface area contributed by atoms with Crippen LogP contribution in [0.2, 0.25) is 0 Å². The summed E-state index contributed by atoms with van der Waals surface area (Å²) < 4.78 is 6.14. The van der Waals surface area contributed by atoms with E-state index in [1.165, 1.54) is 12.5 Å². The van der Waals surface area contributed by atoms with E-state index in [9.17, 15) is 24.6 Å². The second-order valence-electron chi connectivity index (χ2n) is 10.7. The summed E-state index contributed by atoms with van der Waals surface area (Å²) in [5, 5.41) is 20.4. The molecule has 3 aliphatic rings. The highest BCUT2D eigenvalue weighted by molar-refractivity contribution is 6.10. The lowest BCUT2D eigenvalue weighted by molar-refractivity contribution is -0.154. The lowest BCUT2D eigenvalue weighted by atomic mass is 9.64. The Hall–Kier alpha value is -1.63. The van der Waals surface area contributed by atoms with Gasteiger partial charge in [0, 0.05) is 25.2 Å². The largest absolute Gasteiger partial charge is 0.393 e. The molecule has 0 bridgehead atoms. The fraction of sp³-hybridized carbons (Fsp3) is 0.741. The minimum absolute atomic E-state index is 0.0947. The Morgan fingerprint density at radius 3 is 2.55 bits per heavy atom. The van der Waals surface area contributed by atoms with Crippen LogP contribution in [0.1, 0.15) is 72.6 Å². The Balaban J connectivity index is 1.71. The lowest BCUT2D eigenvalue weighted by Crippen LogP contribution is -2.47. The number of carbonyl (C=O) groups is 3. The first-order chi connectivity index (χ1) is 15.5. The predicted molar refractivity (Wildman–Crippen MR) is 125 cm³/mol. The average Bonchev–Trinajstić information content (AvgIpc) is 2.75. The van der Waals surface area contributed by atoms with Crippen molar-refractivity contribution in [2.24, 2.45) is 29.6 Å². The number of ketones is 3. The molecule has 6 heteroatoms. The standard InChI is InChI=1S/C27H40O6/c1-5-24(30)27(4,32)25(31)15-33-23-11-16(2)10-19-8-6-17(3)22(26(19)23)9-7-18-12-20(28)14-21(29)13-18/h6,8,10,16-18,20,22-23,26,28,32H,5,7,9,11-15H2,1-4H3/t16-,17-,18?,20+,22-,23-,26-,27?/m0/s1. The maximum atomic E-state index is 12.6. The quantitative estimate of drug-likeness (QED) is 0.510. The van der Waals surface area contributed by atoms with Gasteiger partial charge in [-0.25, -0.2) is 0 Å². The number of rotatable bonds is 9. The van der Waals surface area contributed by atoms with Crippen molar-refractivity contribution in [2.75, 3.05) is 6.61 Å². The van der Waals surface area contributed by atoms with Gasteiger partial charge >= 0.3 is 0 Å². The van der Waals surface area contributed by atoms with Gasteiger partial charge in [0.15, 0.2) is 17.2 Å². The molecule has 0 aliphatic heterocycles. The van der Waals surface area contributed by atoms with E-state index in [2.05, 4.69) is 32.1 Å². The van der Waals surface area contributed by atoms with Crippen molar-refractivity contribution >= 4 is 17.3 Å². The second-order valence-corrected chi connectivity index (χ2v) is 10.7. The van der Waals surface area contributed by atoms with Crippen molar-refractivity contribution < 1.29 is 29.3 Å². The van der Waals surface area contributed by atoms with Crippen LogP contribution < -0.4 is 0 Å². The van der Waals surface area contributed by atoms with E-state index >= 15 is 0 Å². The summed E-state index contributed by atoms with van der Waals surface area (Å²) in [5.74, 6) is 0.344. The van der Waals surface area contributed by atoms with Gasteiger partial charge in [-0.2, -0.15) is 0 Å². The summed E-state index contributed by atoms with van der Waals surface area (Å²) in [6, 6.07) is 0. The van der Waals surface area contributed by atoms with Crippen LogP contribution in [0, 0.1) is 29.6 Å². The zero-order valence-electron chi connectivity index (χ0n) is 20.5. The Kier molecular flexibility index (Phi) is 8.46. The number of Topliss-reactive ketones (excluding diaryl/α,β-unsaturated/α-hetero) is 3. The van der Waals surface area contributed by atoms with Gasteiger partial charge in [0.25, 0.3) is 0 Å². The number of hydrogen-bond acceptors (Lipinski definition) is 6. The van der Waals surface area contributed by atoms with Crippen LogP contribution >= 0.6 is 0 Å². The molecule has 0 radical (unpaired) electrons. The molecule has 6 nitrogen and oxygen atoms in total. The van der Waals surface area contributed by atoms with Crippen LogP contribution in [0.25, 0.3) is 0 Å². The maximum Gasteiger partial charge on any atom is 0.197 e. The fourth-order valence-corrected chi connectivity index (χ4v) is 5.96. The van der Waals surface area contributed by atoms with E-state index in [4.69, 9.17) is 4.74 Å². The van der Waals surface area contributed by atoms with Crippen molar-refractivity contribution in [1.29, 1.82) is 0 Å². The first kappa shape index (κ1) is 26.0. The normalized spacial score (nSPS) is 36.0. The van der Waals surface area contributed by atoms with Crippen LogP contribution in [0.3, 0.4) is 0 Å². The Bertz CT molecular complexity index is 809. The van der Waals surface area contributed by atoms with Gasteiger partial charge in [-0.1, -0.05) is 39.0 Å². The highest BCUT2D eigenvalue weighted by Gasteiger charge is 2.42. The SMILES string of the molecule is CCC(=O)C(C)(O)C(=O)CO[C@H]1C[C@@H](C)C=C2C=C[C@H](C)[C@H](CCC3CC(=O)C[C@H](O)C3)[C@H]21. The Morgan fingerprint density at radius 1 is 1.15 bits per heavy atom. The highest BCUT2D eigenvalue weighted by Crippen LogP contribution is 2.45. The molecule has 0 spiro atoms. The van der Waals surface area contributed by atoms with Gasteiger partial charge in [0.2, 0.25) is 0 Å². The van der Waals surface area contributed by atoms with E-state index in [1.54, 1.807) is 6.92 Å². The smallest absolute Gasteiger partial charge is 0.197 e. The van der Waals surface area contributed by atoms with Crippen LogP contribution in [0.4, 0.5) is 0 Å². The third-order valence-electron chi connectivity index (χ3n) is 7.92. The van der Waals surface area contributed by atoms with Gasteiger partial charge in [-0.3, -0.25) is 14.4 Å². The Labute approximate surface area is 197 Å². The third kappa shape index (κ3) is 6.09. The molecule has 3 rings (SSSR count). The summed E-state index contributed by atoms with van der Waals surface area (Å²) >= 11 is 0. The number of aliphatic hydroxyl groups excluding tert-OH is 1. The zero-order chi connectivity index (χ0) is 24.3. The van der Waals surface area contributed by atoms with Crippen molar-refractivity contribution in [2.45, 2.75) is 90.4 Å². The highest BCUT2D eigenvalue weighted by atomic mass is 16.5. The van der Waals surface area contributed by atoms with Crippen molar-refractivity contribution in [3.8, 4) is 0 Å². The fourth-order valence-electron chi connectivity index (χ4n) is 5.96. The molecule has 0 saturated heterocycles. The molecular formula is C27H40O6. The monoisotopic (exact) mass is 460 g/mol. The van der Waals surface area contributed by atoms with Crippen LogP contribution in [-0.2, 0) is 19.1 Å². The van der Waals surface area contributed by atoms with Crippen LogP contribution in [-0.4, -0.2) is 52.0 Å². The van der Waals surface area contributed by atoms with Gasteiger partial charge in [-0.15, -0.1) is 0 Å². The molecule has 3 aliphatic carbocycles. The van der Waals surface area contributed by atoms with E-state index in [1.807, 2.05) is 0 Å². The Morgan fingerprint density at radius 2 is 1.88 bits per heavy atom. The van der Waals surface area contributed by atoms with E-state index in [0.717, 1.165) is 19.3 Å². The van der Waals surface area contributed by atoms with Crippen LogP contribution in [0.5, 0.6) is 0 Å². The third-order valence-corrected chi connectivity index (χ3v) is 7.92. The van der Waals surface area contributed by atoms with Gasteiger partial charge in [0.1, 0.15) is 12.4 Å². The summed E-state index contributed by atoms with van der Waals surface area (Å²) in [5.41, 5.74) is -0.785. The molecule has 0 amide bonds. The number of carbonyl (C=O) groups excluding carboxylic acids is 3. The zero-order valence-corrected chi connectivity index (χ0v) is 20.5. The van der Waals surface area contributed by atoms with Crippen molar-refractivity contribution in [3.05, 3.63) is 23.8 Å². The number of fused-ring (bicyclic) bond motifs is 1. The van der Waals surface area contributed by atoms with Gasteiger partial charge < -0.3 is 14.9 Å². The molecule has 8 atom stereocenters. The average molecular weight is 461 g/mol. The molecule has 0 aromatic heterocycles. The van der Waals surface area contributed by atoms with E-state index < -0.39 is 23.3 Å². The topological polar surface area (TPSA) is 101 Å². The number of allylic oxidation sites excluding steroid dienone is 3. The predicted octanol–water partition coefficient (Wildman–Crippen LogP) is 3.59. The maximum absolute atomic E-state index is 12.6. The molecule has 33 heavy (non-hydrogen) atoms. The van der Waals surface area contributed by atoms with E-state index in [0.29, 0.717) is 30.6 Å². The molecule has 0 heterocycles. The first-order valence-corrected chi connectivity index (χ1v) is 12.5. The molecule has 0 aromatic carbocycles. The molecule has 2 unspecified atom stereocenters. The van der Waals surface area contributed by atoms with Crippen LogP contribution in [0.15, 0.2) is 23.8 Å². The van der Waals surface area contributed by atoms with E-state index in [-0.39, 0.29) is 43.2 Å². The molecule has 1 fully saturated rings. The first-order valence-electron chi connectivity index (χ1n) is 12.5. The molecule has 1 saturated carbocycles. The molecular weight excluding hydrogens is 420 g/mol. The second kappa shape index (κ2) is 10.7. The molecule has 184 valence electrons. The number of aliphatic hydroxyl groups is 2. The number of ether oxygens (including phenoxy) is 1. The minimum atomic E-state index is -2.01. The number of hydrogen-bond donors (Lipinski definition) is 2. The lowest BCUT2D eigenvalue weighted by Gasteiger charge is -2.44. The summed E-state index contributed by atoms with van der Waals surface area (Å²) in [7, 11) is 0. The summed E-state index contributed by atoms with van der Waals surface area (Å²) in [6.07, 6.45) is 10.2.